The minimum absolute atomic E-state index is 0.0742. The number of ether oxygens (including phenoxy) is 2. The summed E-state index contributed by atoms with van der Waals surface area (Å²) >= 11 is 1.76. The van der Waals surface area contributed by atoms with Gasteiger partial charge in [-0.25, -0.2) is 0 Å². The molecule has 3 rings (SSSR count). The van der Waals surface area contributed by atoms with Crippen LogP contribution in [0, 0.1) is 0 Å². The van der Waals surface area contributed by atoms with E-state index in [1.807, 2.05) is 18.2 Å². The number of thiophene rings is 1. The van der Waals surface area contributed by atoms with Gasteiger partial charge in [0.2, 0.25) is 0 Å². The van der Waals surface area contributed by atoms with Crippen molar-refractivity contribution in [3.8, 4) is 11.5 Å². The van der Waals surface area contributed by atoms with E-state index in [9.17, 15) is 5.11 Å². The highest BCUT2D eigenvalue weighted by molar-refractivity contribution is 7.12. The highest BCUT2D eigenvalue weighted by Gasteiger charge is 2.29. The van der Waals surface area contributed by atoms with Crippen molar-refractivity contribution in [2.45, 2.75) is 32.0 Å². The van der Waals surface area contributed by atoms with E-state index < -0.39 is 6.10 Å². The van der Waals surface area contributed by atoms with Gasteiger partial charge >= 0.3 is 0 Å². The lowest BCUT2D eigenvalue weighted by atomic mass is 9.98. The molecule has 0 spiro atoms. The smallest absolute Gasteiger partial charge is 0.136 e. The molecule has 0 saturated heterocycles. The Hall–Kier alpha value is -1.52. The molecule has 1 aliphatic rings. The highest BCUT2D eigenvalue weighted by atomic mass is 32.1. The quantitative estimate of drug-likeness (QED) is 0.932. The molecule has 1 aliphatic heterocycles. The van der Waals surface area contributed by atoms with E-state index in [4.69, 9.17) is 9.47 Å². The molecule has 20 heavy (non-hydrogen) atoms. The molecule has 3 nitrogen and oxygen atoms in total. The predicted octanol–water partition coefficient (Wildman–Crippen LogP) is 3.88. The molecule has 0 saturated carbocycles. The van der Waals surface area contributed by atoms with E-state index >= 15 is 0 Å². The Morgan fingerprint density at radius 2 is 2.20 bits per heavy atom. The molecule has 0 fully saturated rings. The Kier molecular flexibility index (Phi) is 3.68. The van der Waals surface area contributed by atoms with Crippen LogP contribution in [-0.2, 0) is 6.42 Å². The zero-order chi connectivity index (χ0) is 14.1. The average molecular weight is 290 g/mol. The Balaban J connectivity index is 1.90. The van der Waals surface area contributed by atoms with Crippen LogP contribution in [0.2, 0.25) is 0 Å². The third kappa shape index (κ3) is 2.41. The molecule has 1 unspecified atom stereocenters. The number of aryl methyl sites for hydroxylation is 1. The van der Waals surface area contributed by atoms with Gasteiger partial charge in [0.25, 0.3) is 0 Å². The molecule has 1 aromatic heterocycles. The number of aliphatic hydroxyl groups excluding tert-OH is 1. The Labute approximate surface area is 122 Å². The van der Waals surface area contributed by atoms with Gasteiger partial charge in [0.1, 0.15) is 17.6 Å². The van der Waals surface area contributed by atoms with Gasteiger partial charge in [0, 0.05) is 27.8 Å². The molecule has 0 radical (unpaired) electrons. The second kappa shape index (κ2) is 5.46. The summed E-state index contributed by atoms with van der Waals surface area (Å²) in [5.74, 6) is 1.47. The van der Waals surface area contributed by atoms with Crippen LogP contribution >= 0.6 is 11.3 Å². The van der Waals surface area contributed by atoms with Crippen LogP contribution in [0.1, 0.15) is 40.9 Å². The Morgan fingerprint density at radius 1 is 1.35 bits per heavy atom. The van der Waals surface area contributed by atoms with E-state index in [0.29, 0.717) is 6.42 Å². The van der Waals surface area contributed by atoms with E-state index in [1.165, 1.54) is 9.75 Å². The van der Waals surface area contributed by atoms with Crippen molar-refractivity contribution in [2.75, 3.05) is 7.11 Å². The number of hydrogen-bond donors (Lipinski definition) is 1. The fourth-order valence-corrected chi connectivity index (χ4v) is 3.48. The number of fused-ring (bicyclic) bond motifs is 1. The maximum absolute atomic E-state index is 10.3. The van der Waals surface area contributed by atoms with Crippen molar-refractivity contribution in [2.24, 2.45) is 0 Å². The molecular weight excluding hydrogens is 272 g/mol. The van der Waals surface area contributed by atoms with Gasteiger partial charge in [-0.15, -0.1) is 11.3 Å². The summed E-state index contributed by atoms with van der Waals surface area (Å²) in [6.07, 6.45) is 1.07. The van der Waals surface area contributed by atoms with Gasteiger partial charge < -0.3 is 14.6 Å². The van der Waals surface area contributed by atoms with Crippen molar-refractivity contribution in [1.82, 2.24) is 0 Å². The first-order valence-electron chi connectivity index (χ1n) is 6.82. The molecule has 1 N–H and O–H groups in total. The van der Waals surface area contributed by atoms with Gasteiger partial charge in [0.05, 0.1) is 13.2 Å². The first kappa shape index (κ1) is 13.5. The van der Waals surface area contributed by atoms with Crippen LogP contribution in [0.15, 0.2) is 30.3 Å². The summed E-state index contributed by atoms with van der Waals surface area (Å²) in [5.41, 5.74) is 0.842. The Morgan fingerprint density at radius 3 is 2.90 bits per heavy atom. The van der Waals surface area contributed by atoms with Crippen molar-refractivity contribution in [3.05, 3.63) is 45.6 Å². The normalized spacial score (nSPS) is 21.1. The van der Waals surface area contributed by atoms with Crippen LogP contribution in [0.3, 0.4) is 0 Å². The van der Waals surface area contributed by atoms with Gasteiger partial charge in [0.15, 0.2) is 0 Å². The molecular formula is C16H18O3S. The molecule has 2 aromatic rings. The monoisotopic (exact) mass is 290 g/mol. The minimum Gasteiger partial charge on any atom is -0.497 e. The molecule has 0 bridgehead atoms. The predicted molar refractivity (Wildman–Crippen MR) is 79.6 cm³/mol. The lowest BCUT2D eigenvalue weighted by Gasteiger charge is -2.29. The summed E-state index contributed by atoms with van der Waals surface area (Å²) in [4.78, 5) is 2.52. The maximum atomic E-state index is 10.3. The lowest BCUT2D eigenvalue weighted by molar-refractivity contribution is 0.0672. The third-order valence-electron chi connectivity index (χ3n) is 3.63. The zero-order valence-corrected chi connectivity index (χ0v) is 12.4. The van der Waals surface area contributed by atoms with E-state index in [1.54, 1.807) is 18.4 Å². The van der Waals surface area contributed by atoms with Crippen LogP contribution in [0.25, 0.3) is 0 Å². The molecule has 4 heteroatoms. The summed E-state index contributed by atoms with van der Waals surface area (Å²) in [6, 6.07) is 9.81. The van der Waals surface area contributed by atoms with E-state index in [0.717, 1.165) is 23.5 Å². The zero-order valence-electron chi connectivity index (χ0n) is 11.6. The average Bonchev–Trinajstić information content (AvgIpc) is 2.95. The Bertz CT molecular complexity index is 606. The van der Waals surface area contributed by atoms with E-state index in [2.05, 4.69) is 19.1 Å². The number of hydrogen-bond acceptors (Lipinski definition) is 4. The van der Waals surface area contributed by atoms with Gasteiger partial charge in [-0.05, 0) is 30.7 Å². The molecule has 1 aromatic carbocycles. The first-order chi connectivity index (χ1) is 9.71. The number of aliphatic hydroxyl groups is 1. The summed E-state index contributed by atoms with van der Waals surface area (Å²) < 4.78 is 11.3. The summed E-state index contributed by atoms with van der Waals surface area (Å²) in [5, 5.41) is 10.3. The standard InChI is InChI=1S/C16H18O3S/c1-3-11-5-7-16(20-11)15-9-13(17)12-6-4-10(18-2)8-14(12)19-15/h4-8,13,15,17H,3,9H2,1-2H3/t13-,15?/m1/s1. The topological polar surface area (TPSA) is 38.7 Å². The lowest BCUT2D eigenvalue weighted by Crippen LogP contribution is -2.18. The fourth-order valence-electron chi connectivity index (χ4n) is 2.48. The summed E-state index contributed by atoms with van der Waals surface area (Å²) in [6.45, 7) is 2.15. The SMILES string of the molecule is CCc1ccc(C2C[C@@H](O)c3ccc(OC)cc3O2)s1. The summed E-state index contributed by atoms with van der Waals surface area (Å²) in [7, 11) is 1.63. The number of rotatable bonds is 3. The fraction of sp³-hybridized carbons (Fsp3) is 0.375. The molecule has 106 valence electrons. The molecule has 2 heterocycles. The van der Waals surface area contributed by atoms with Crippen molar-refractivity contribution in [3.63, 3.8) is 0 Å². The molecule has 0 aliphatic carbocycles. The van der Waals surface area contributed by atoms with Crippen molar-refractivity contribution >= 4 is 11.3 Å². The van der Waals surface area contributed by atoms with Crippen LogP contribution in [0.4, 0.5) is 0 Å². The molecule has 2 atom stereocenters. The largest absolute Gasteiger partial charge is 0.497 e. The third-order valence-corrected chi connectivity index (χ3v) is 4.96. The van der Waals surface area contributed by atoms with Gasteiger partial charge in [-0.2, -0.15) is 0 Å². The van der Waals surface area contributed by atoms with Crippen molar-refractivity contribution < 1.29 is 14.6 Å². The number of methoxy groups -OCH3 is 1. The van der Waals surface area contributed by atoms with Crippen LogP contribution < -0.4 is 9.47 Å². The van der Waals surface area contributed by atoms with Crippen LogP contribution in [0.5, 0.6) is 11.5 Å². The highest BCUT2D eigenvalue weighted by Crippen LogP contribution is 2.43. The first-order valence-corrected chi connectivity index (χ1v) is 7.64. The second-order valence-corrected chi connectivity index (χ2v) is 6.12. The second-order valence-electron chi connectivity index (χ2n) is 4.92. The van der Waals surface area contributed by atoms with E-state index in [-0.39, 0.29) is 6.10 Å². The van der Waals surface area contributed by atoms with Crippen molar-refractivity contribution in [1.29, 1.82) is 0 Å². The minimum atomic E-state index is -0.484. The van der Waals surface area contributed by atoms with Crippen LogP contribution in [-0.4, -0.2) is 12.2 Å². The molecule has 0 amide bonds. The maximum Gasteiger partial charge on any atom is 0.136 e. The number of benzene rings is 1. The van der Waals surface area contributed by atoms with Gasteiger partial charge in [-0.1, -0.05) is 6.92 Å². The van der Waals surface area contributed by atoms with Gasteiger partial charge in [-0.3, -0.25) is 0 Å².